The highest BCUT2D eigenvalue weighted by atomic mass is 31.1. The van der Waals surface area contributed by atoms with Crippen molar-refractivity contribution in [3.8, 4) is 0 Å². The van der Waals surface area contributed by atoms with Crippen molar-refractivity contribution < 1.29 is 0 Å². The van der Waals surface area contributed by atoms with Gasteiger partial charge in [-0.2, -0.15) is 0 Å². The third kappa shape index (κ3) is 4.06. The Balaban J connectivity index is 4.58. The van der Waals surface area contributed by atoms with E-state index in [2.05, 4.69) is 31.8 Å². The minimum Gasteiger partial charge on any atom is -0.404 e. The summed E-state index contributed by atoms with van der Waals surface area (Å²) >= 11 is 0. The standard InChI is InChI=1S/C11H21N2P/c1-6-8(2)14-10(4)11(7-12)9(3)13-5/h6-7,10,14H,12H2,1-5H3/b8-6-,11-7+,13-9?. The van der Waals surface area contributed by atoms with E-state index in [1.165, 1.54) is 5.31 Å². The molecule has 0 aliphatic carbocycles. The van der Waals surface area contributed by atoms with Crippen LogP contribution in [-0.2, 0) is 0 Å². The van der Waals surface area contributed by atoms with Crippen LogP contribution in [0.5, 0.6) is 0 Å². The van der Waals surface area contributed by atoms with Crippen LogP contribution in [0, 0.1) is 0 Å². The van der Waals surface area contributed by atoms with Crippen LogP contribution >= 0.6 is 8.58 Å². The average molecular weight is 212 g/mol. The van der Waals surface area contributed by atoms with Crippen LogP contribution in [0.25, 0.3) is 0 Å². The van der Waals surface area contributed by atoms with Crippen molar-refractivity contribution in [3.63, 3.8) is 0 Å². The first kappa shape index (κ1) is 13.4. The summed E-state index contributed by atoms with van der Waals surface area (Å²) in [5, 5.41) is 1.42. The van der Waals surface area contributed by atoms with Gasteiger partial charge in [-0.3, -0.25) is 4.99 Å². The van der Waals surface area contributed by atoms with Crippen molar-refractivity contribution >= 4 is 14.3 Å². The number of nitrogens with two attached hydrogens (primary N) is 1. The van der Waals surface area contributed by atoms with Gasteiger partial charge in [0.25, 0.3) is 0 Å². The van der Waals surface area contributed by atoms with E-state index in [4.69, 9.17) is 5.73 Å². The highest BCUT2D eigenvalue weighted by molar-refractivity contribution is 7.44. The fraction of sp³-hybridized carbons (Fsp3) is 0.545. The van der Waals surface area contributed by atoms with Gasteiger partial charge in [0.2, 0.25) is 0 Å². The lowest BCUT2D eigenvalue weighted by molar-refractivity contribution is 1.16. The highest BCUT2D eigenvalue weighted by Gasteiger charge is 2.10. The fourth-order valence-electron chi connectivity index (χ4n) is 1.21. The van der Waals surface area contributed by atoms with Gasteiger partial charge in [0.05, 0.1) is 0 Å². The van der Waals surface area contributed by atoms with Crippen LogP contribution in [0.4, 0.5) is 0 Å². The Hall–Kier alpha value is -0.620. The van der Waals surface area contributed by atoms with Crippen molar-refractivity contribution in [2.75, 3.05) is 7.05 Å². The van der Waals surface area contributed by atoms with Crippen LogP contribution in [0.1, 0.15) is 27.7 Å². The van der Waals surface area contributed by atoms with Gasteiger partial charge in [-0.15, -0.1) is 0 Å². The first-order chi connectivity index (χ1) is 6.56. The number of hydrogen-bond donors (Lipinski definition) is 1. The maximum atomic E-state index is 5.61. The zero-order valence-corrected chi connectivity index (χ0v) is 10.8. The van der Waals surface area contributed by atoms with Crippen LogP contribution in [0.15, 0.2) is 28.2 Å². The molecular weight excluding hydrogens is 191 g/mol. The lowest BCUT2D eigenvalue weighted by Crippen LogP contribution is -2.10. The predicted molar refractivity (Wildman–Crippen MR) is 68.5 cm³/mol. The molecule has 3 heteroatoms. The van der Waals surface area contributed by atoms with E-state index < -0.39 is 0 Å². The minimum absolute atomic E-state index is 0.472. The van der Waals surface area contributed by atoms with Gasteiger partial charge in [0.1, 0.15) is 0 Å². The molecule has 14 heavy (non-hydrogen) atoms. The molecule has 2 unspecified atom stereocenters. The largest absolute Gasteiger partial charge is 0.404 e. The van der Waals surface area contributed by atoms with Crippen LogP contribution in [0.2, 0.25) is 0 Å². The Kier molecular flexibility index (Phi) is 6.48. The molecule has 0 aliphatic rings. The van der Waals surface area contributed by atoms with Gasteiger partial charge in [0.15, 0.2) is 0 Å². The summed E-state index contributed by atoms with van der Waals surface area (Å²) in [4.78, 5) is 4.17. The summed E-state index contributed by atoms with van der Waals surface area (Å²) in [6.07, 6.45) is 3.84. The molecule has 80 valence electrons. The summed E-state index contributed by atoms with van der Waals surface area (Å²) in [6.45, 7) is 8.42. The van der Waals surface area contributed by atoms with E-state index in [1.54, 1.807) is 13.2 Å². The van der Waals surface area contributed by atoms with Crippen molar-refractivity contribution in [3.05, 3.63) is 23.2 Å². The first-order valence-electron chi connectivity index (χ1n) is 4.81. The third-order valence-corrected chi connectivity index (χ3v) is 3.76. The molecule has 0 amide bonds. The molecular formula is C11H21N2P. The molecule has 0 saturated carbocycles. The Morgan fingerprint density at radius 1 is 1.43 bits per heavy atom. The number of hydrogen-bond acceptors (Lipinski definition) is 2. The van der Waals surface area contributed by atoms with E-state index in [9.17, 15) is 0 Å². The van der Waals surface area contributed by atoms with Crippen molar-refractivity contribution in [2.24, 2.45) is 10.7 Å². The molecule has 0 aliphatic heterocycles. The van der Waals surface area contributed by atoms with Crippen molar-refractivity contribution in [1.29, 1.82) is 0 Å². The highest BCUT2D eigenvalue weighted by Crippen LogP contribution is 2.33. The molecule has 0 bridgehead atoms. The number of allylic oxidation sites excluding steroid dienone is 3. The Bertz CT molecular complexity index is 264. The molecule has 0 aromatic carbocycles. The van der Waals surface area contributed by atoms with Gasteiger partial charge >= 0.3 is 0 Å². The molecule has 0 rings (SSSR count). The predicted octanol–water partition coefficient (Wildman–Crippen LogP) is 2.91. The van der Waals surface area contributed by atoms with Crippen LogP contribution in [-0.4, -0.2) is 18.4 Å². The Morgan fingerprint density at radius 3 is 2.36 bits per heavy atom. The van der Waals surface area contributed by atoms with Crippen LogP contribution in [0.3, 0.4) is 0 Å². The Morgan fingerprint density at radius 2 is 2.00 bits per heavy atom. The van der Waals surface area contributed by atoms with E-state index >= 15 is 0 Å². The lowest BCUT2D eigenvalue weighted by atomic mass is 10.1. The van der Waals surface area contributed by atoms with E-state index in [0.29, 0.717) is 5.66 Å². The molecule has 0 radical (unpaired) electrons. The van der Waals surface area contributed by atoms with Gasteiger partial charge < -0.3 is 5.73 Å². The van der Waals surface area contributed by atoms with Gasteiger partial charge in [0, 0.05) is 18.4 Å². The summed E-state index contributed by atoms with van der Waals surface area (Å²) in [7, 11) is 2.60. The minimum atomic E-state index is 0.472. The zero-order valence-electron chi connectivity index (χ0n) is 9.76. The van der Waals surface area contributed by atoms with E-state index in [0.717, 1.165) is 19.9 Å². The monoisotopic (exact) mass is 212 g/mol. The molecule has 0 saturated heterocycles. The fourth-order valence-corrected chi connectivity index (χ4v) is 2.52. The number of aliphatic imine (C=N–C) groups is 1. The molecule has 0 heterocycles. The van der Waals surface area contributed by atoms with Gasteiger partial charge in [-0.1, -0.05) is 26.9 Å². The topological polar surface area (TPSA) is 38.4 Å². The third-order valence-electron chi connectivity index (χ3n) is 2.28. The molecule has 2 atom stereocenters. The molecule has 0 aromatic heterocycles. The summed E-state index contributed by atoms with van der Waals surface area (Å²) in [6, 6.07) is 0. The second kappa shape index (κ2) is 6.78. The van der Waals surface area contributed by atoms with E-state index in [-0.39, 0.29) is 0 Å². The second-order valence-electron chi connectivity index (χ2n) is 3.27. The number of nitrogens with zero attached hydrogens (tertiary/aromatic N) is 1. The summed E-state index contributed by atoms with van der Waals surface area (Å²) < 4.78 is 0. The van der Waals surface area contributed by atoms with Crippen molar-refractivity contribution in [1.82, 2.24) is 0 Å². The zero-order chi connectivity index (χ0) is 11.1. The SMILES string of the molecule is C/C=C(/C)PC(C)/C(=C/N)C(C)=NC. The maximum Gasteiger partial charge on any atom is 0.0366 e. The van der Waals surface area contributed by atoms with E-state index in [1.807, 2.05) is 6.92 Å². The average Bonchev–Trinajstić information content (AvgIpc) is 2.18. The normalized spacial score (nSPS) is 17.9. The quantitative estimate of drug-likeness (QED) is 0.564. The molecule has 2 nitrogen and oxygen atoms in total. The van der Waals surface area contributed by atoms with Crippen LogP contribution < -0.4 is 5.73 Å². The smallest absolute Gasteiger partial charge is 0.0366 e. The molecule has 2 N–H and O–H groups in total. The first-order valence-corrected chi connectivity index (χ1v) is 5.89. The second-order valence-corrected chi connectivity index (χ2v) is 5.21. The Labute approximate surface area is 89.2 Å². The number of rotatable bonds is 4. The molecule has 0 aromatic rings. The van der Waals surface area contributed by atoms with Gasteiger partial charge in [-0.25, -0.2) is 0 Å². The molecule has 0 spiro atoms. The summed E-state index contributed by atoms with van der Waals surface area (Å²) in [5.74, 6) is 0. The lowest BCUT2D eigenvalue weighted by Gasteiger charge is -2.15. The van der Waals surface area contributed by atoms with Gasteiger partial charge in [-0.05, 0) is 32.5 Å². The summed E-state index contributed by atoms with van der Waals surface area (Å²) in [5.41, 5.74) is 8.28. The van der Waals surface area contributed by atoms with Crippen molar-refractivity contribution in [2.45, 2.75) is 33.4 Å². The molecule has 0 fully saturated rings. The maximum absolute atomic E-state index is 5.61.